The molecule has 3 aromatic rings. The fourth-order valence-corrected chi connectivity index (χ4v) is 1.68. The van der Waals surface area contributed by atoms with E-state index in [1.807, 2.05) is 24.3 Å². The molecule has 0 aliphatic carbocycles. The third kappa shape index (κ3) is 2.40. The summed E-state index contributed by atoms with van der Waals surface area (Å²) in [5.41, 5.74) is 1.72. The van der Waals surface area contributed by atoms with Gasteiger partial charge in [0.1, 0.15) is 11.5 Å². The molecule has 3 rings (SSSR count). The lowest BCUT2D eigenvalue weighted by molar-refractivity contribution is 0.102. The van der Waals surface area contributed by atoms with E-state index in [1.165, 1.54) is 6.20 Å². The zero-order valence-electron chi connectivity index (χ0n) is 9.95. The predicted molar refractivity (Wildman–Crippen MR) is 71.7 cm³/mol. The molecule has 1 N–H and O–H groups in total. The second-order valence-electron chi connectivity index (χ2n) is 3.91. The molecule has 1 amide bonds. The van der Waals surface area contributed by atoms with E-state index in [1.54, 1.807) is 24.4 Å². The maximum absolute atomic E-state index is 12.0. The number of anilines is 1. The molecule has 19 heavy (non-hydrogen) atoms. The molecule has 0 saturated heterocycles. The molecule has 0 fully saturated rings. The van der Waals surface area contributed by atoms with Crippen molar-refractivity contribution < 1.29 is 4.79 Å². The van der Waals surface area contributed by atoms with Crippen molar-refractivity contribution in [2.24, 2.45) is 0 Å². The number of nitrogens with one attached hydrogen (secondary N) is 1. The van der Waals surface area contributed by atoms with Crippen LogP contribution in [-0.2, 0) is 0 Å². The topological polar surface area (TPSA) is 67.8 Å². The Morgan fingerprint density at radius 3 is 2.53 bits per heavy atom. The van der Waals surface area contributed by atoms with Gasteiger partial charge in [-0.2, -0.15) is 0 Å². The van der Waals surface area contributed by atoms with Crippen LogP contribution in [0.1, 0.15) is 10.5 Å². The number of hydrogen-bond acceptors (Lipinski definition) is 4. The van der Waals surface area contributed by atoms with Gasteiger partial charge in [-0.3, -0.25) is 9.78 Å². The van der Waals surface area contributed by atoms with Crippen LogP contribution in [0.4, 0.5) is 5.82 Å². The largest absolute Gasteiger partial charge is 0.305 e. The first kappa shape index (κ1) is 11.3. The van der Waals surface area contributed by atoms with Crippen molar-refractivity contribution in [2.45, 2.75) is 0 Å². The lowest BCUT2D eigenvalue weighted by Crippen LogP contribution is -2.14. The highest BCUT2D eigenvalue weighted by atomic mass is 16.1. The smallest absolute Gasteiger partial charge is 0.277 e. The lowest BCUT2D eigenvalue weighted by Gasteiger charge is -2.03. The van der Waals surface area contributed by atoms with Crippen molar-refractivity contribution >= 4 is 22.8 Å². The Morgan fingerprint density at radius 2 is 1.74 bits per heavy atom. The summed E-state index contributed by atoms with van der Waals surface area (Å²) in [5, 5.41) is 2.67. The number of para-hydroxylation sites is 2. The van der Waals surface area contributed by atoms with E-state index in [2.05, 4.69) is 20.3 Å². The number of nitrogens with zero attached hydrogens (tertiary/aromatic N) is 3. The molecule has 0 radical (unpaired) electrons. The first-order valence-corrected chi connectivity index (χ1v) is 5.77. The summed E-state index contributed by atoms with van der Waals surface area (Å²) >= 11 is 0. The average Bonchev–Trinajstić information content (AvgIpc) is 2.48. The molecule has 0 saturated carbocycles. The zero-order valence-corrected chi connectivity index (χ0v) is 9.95. The van der Waals surface area contributed by atoms with Crippen molar-refractivity contribution in [1.82, 2.24) is 15.0 Å². The standard InChI is InChI=1S/C14H10N4O/c19-14(18-13-7-3-4-8-15-13)12-9-16-10-5-1-2-6-11(10)17-12/h1-9H,(H,15,18,19). The van der Waals surface area contributed by atoms with Gasteiger partial charge in [-0.25, -0.2) is 9.97 Å². The van der Waals surface area contributed by atoms with Crippen molar-refractivity contribution in [3.8, 4) is 0 Å². The third-order valence-electron chi connectivity index (χ3n) is 2.59. The SMILES string of the molecule is O=C(Nc1ccccn1)c1cnc2ccccc2n1. The van der Waals surface area contributed by atoms with Crippen LogP contribution in [0.25, 0.3) is 11.0 Å². The quantitative estimate of drug-likeness (QED) is 0.757. The van der Waals surface area contributed by atoms with Gasteiger partial charge in [-0.15, -0.1) is 0 Å². The molecule has 5 nitrogen and oxygen atoms in total. The summed E-state index contributed by atoms with van der Waals surface area (Å²) in [5.74, 6) is 0.166. The van der Waals surface area contributed by atoms with Gasteiger partial charge in [-0.05, 0) is 24.3 Å². The van der Waals surface area contributed by atoms with Gasteiger partial charge >= 0.3 is 0 Å². The fraction of sp³-hybridized carbons (Fsp3) is 0. The fourth-order valence-electron chi connectivity index (χ4n) is 1.68. The predicted octanol–water partition coefficient (Wildman–Crippen LogP) is 2.28. The Labute approximate surface area is 109 Å². The minimum atomic E-state index is -0.322. The first-order chi connectivity index (χ1) is 9.33. The summed E-state index contributed by atoms with van der Waals surface area (Å²) in [4.78, 5) is 24.5. The molecular weight excluding hydrogens is 240 g/mol. The van der Waals surface area contributed by atoms with E-state index < -0.39 is 0 Å². The van der Waals surface area contributed by atoms with Crippen molar-refractivity contribution in [3.63, 3.8) is 0 Å². The number of hydrogen-bond donors (Lipinski definition) is 1. The molecule has 0 unspecified atom stereocenters. The van der Waals surface area contributed by atoms with E-state index >= 15 is 0 Å². The Bertz CT molecular complexity index is 728. The van der Waals surface area contributed by atoms with Gasteiger partial charge in [0.25, 0.3) is 5.91 Å². The van der Waals surface area contributed by atoms with Gasteiger partial charge < -0.3 is 5.32 Å². The van der Waals surface area contributed by atoms with Crippen LogP contribution in [-0.4, -0.2) is 20.9 Å². The molecule has 0 aliphatic heterocycles. The number of pyridine rings is 1. The number of rotatable bonds is 2. The molecule has 92 valence electrons. The summed E-state index contributed by atoms with van der Waals surface area (Å²) in [6.07, 6.45) is 3.07. The minimum Gasteiger partial charge on any atom is -0.305 e. The van der Waals surface area contributed by atoms with E-state index in [-0.39, 0.29) is 11.6 Å². The molecule has 0 spiro atoms. The molecule has 5 heteroatoms. The highest BCUT2D eigenvalue weighted by Crippen LogP contribution is 2.09. The van der Waals surface area contributed by atoms with Crippen LogP contribution >= 0.6 is 0 Å². The van der Waals surface area contributed by atoms with Crippen LogP contribution in [0.15, 0.2) is 54.9 Å². The van der Waals surface area contributed by atoms with E-state index in [0.29, 0.717) is 11.3 Å². The number of benzene rings is 1. The van der Waals surface area contributed by atoms with E-state index in [9.17, 15) is 4.79 Å². The first-order valence-electron chi connectivity index (χ1n) is 5.77. The maximum atomic E-state index is 12.0. The van der Waals surface area contributed by atoms with Gasteiger partial charge in [0.15, 0.2) is 0 Å². The number of carbonyl (C=O) groups excluding carboxylic acids is 1. The molecule has 1 aromatic carbocycles. The summed E-state index contributed by atoms with van der Waals surface area (Å²) in [6, 6.07) is 12.7. The van der Waals surface area contributed by atoms with E-state index in [0.717, 1.165) is 5.52 Å². The summed E-state index contributed by atoms with van der Waals surface area (Å²) in [6.45, 7) is 0. The molecule has 0 bridgehead atoms. The monoisotopic (exact) mass is 250 g/mol. The van der Waals surface area contributed by atoms with Crippen LogP contribution in [0.2, 0.25) is 0 Å². The van der Waals surface area contributed by atoms with Crippen LogP contribution in [0, 0.1) is 0 Å². The molecule has 2 aromatic heterocycles. The summed E-state index contributed by atoms with van der Waals surface area (Å²) in [7, 11) is 0. The Morgan fingerprint density at radius 1 is 0.947 bits per heavy atom. The van der Waals surface area contributed by atoms with Crippen LogP contribution in [0.5, 0.6) is 0 Å². The lowest BCUT2D eigenvalue weighted by atomic mass is 10.3. The maximum Gasteiger partial charge on any atom is 0.277 e. The van der Waals surface area contributed by atoms with Gasteiger partial charge in [0, 0.05) is 6.20 Å². The Balaban J connectivity index is 1.89. The van der Waals surface area contributed by atoms with Crippen molar-refractivity contribution in [2.75, 3.05) is 5.32 Å². The van der Waals surface area contributed by atoms with Gasteiger partial charge in [0.2, 0.25) is 0 Å². The number of carbonyl (C=O) groups is 1. The molecule has 0 aliphatic rings. The number of aromatic nitrogens is 3. The molecule has 0 atom stereocenters. The van der Waals surface area contributed by atoms with Crippen LogP contribution < -0.4 is 5.32 Å². The highest BCUT2D eigenvalue weighted by molar-refractivity contribution is 6.02. The zero-order chi connectivity index (χ0) is 13.1. The second-order valence-corrected chi connectivity index (χ2v) is 3.91. The van der Waals surface area contributed by atoms with Crippen molar-refractivity contribution in [3.05, 3.63) is 60.6 Å². The summed E-state index contributed by atoms with van der Waals surface area (Å²) < 4.78 is 0. The van der Waals surface area contributed by atoms with Crippen LogP contribution in [0.3, 0.4) is 0 Å². The highest BCUT2D eigenvalue weighted by Gasteiger charge is 2.09. The Kier molecular flexibility index (Phi) is 2.86. The number of fused-ring (bicyclic) bond motifs is 1. The third-order valence-corrected chi connectivity index (χ3v) is 2.59. The molecular formula is C14H10N4O. The Hall–Kier alpha value is -2.82. The average molecular weight is 250 g/mol. The second kappa shape index (κ2) is 4.81. The minimum absolute atomic E-state index is 0.268. The van der Waals surface area contributed by atoms with E-state index in [4.69, 9.17) is 0 Å². The molecule has 2 heterocycles. The van der Waals surface area contributed by atoms with Gasteiger partial charge in [0.05, 0.1) is 17.2 Å². The number of amides is 1. The normalized spacial score (nSPS) is 10.3. The van der Waals surface area contributed by atoms with Crippen molar-refractivity contribution in [1.29, 1.82) is 0 Å². The van der Waals surface area contributed by atoms with Gasteiger partial charge in [-0.1, -0.05) is 18.2 Å².